The van der Waals surface area contributed by atoms with Gasteiger partial charge >= 0.3 is 5.97 Å². The third-order valence-corrected chi connectivity index (χ3v) is 6.07. The molecule has 0 radical (unpaired) electrons. The Morgan fingerprint density at radius 2 is 2.15 bits per heavy atom. The zero-order valence-electron chi connectivity index (χ0n) is 15.1. The molecule has 7 heteroatoms. The predicted molar refractivity (Wildman–Crippen MR) is 111 cm³/mol. The van der Waals surface area contributed by atoms with E-state index in [2.05, 4.69) is 21.2 Å². The summed E-state index contributed by atoms with van der Waals surface area (Å²) in [6, 6.07) is 5.55. The van der Waals surface area contributed by atoms with E-state index in [1.807, 2.05) is 18.2 Å². The van der Waals surface area contributed by atoms with Crippen molar-refractivity contribution in [3.05, 3.63) is 50.3 Å². The summed E-state index contributed by atoms with van der Waals surface area (Å²) in [6.45, 7) is 2.08. The van der Waals surface area contributed by atoms with Crippen LogP contribution in [0.15, 0.2) is 28.7 Å². The van der Waals surface area contributed by atoms with Crippen molar-refractivity contribution in [1.29, 1.82) is 0 Å². The highest BCUT2D eigenvalue weighted by atomic mass is 79.9. The first-order valence-electron chi connectivity index (χ1n) is 8.67. The van der Waals surface area contributed by atoms with Crippen LogP contribution in [0.2, 0.25) is 0 Å². The van der Waals surface area contributed by atoms with Gasteiger partial charge in [-0.3, -0.25) is 4.79 Å². The number of aryl methyl sites for hydroxylation is 1. The number of anilines is 1. The molecule has 1 N–H and O–H groups in total. The van der Waals surface area contributed by atoms with Gasteiger partial charge in [-0.25, -0.2) is 4.79 Å². The quantitative estimate of drug-likeness (QED) is 0.506. The third kappa shape index (κ3) is 4.42. The lowest BCUT2D eigenvalue weighted by atomic mass is 10.1. The number of halogens is 1. The van der Waals surface area contributed by atoms with E-state index >= 15 is 0 Å². The number of esters is 1. The topological polar surface area (TPSA) is 64.6 Å². The second-order valence-electron chi connectivity index (χ2n) is 6.00. The molecule has 1 heterocycles. The van der Waals surface area contributed by atoms with Crippen molar-refractivity contribution in [3.63, 3.8) is 0 Å². The molecule has 0 fully saturated rings. The van der Waals surface area contributed by atoms with Crippen molar-refractivity contribution in [2.45, 2.75) is 26.2 Å². The summed E-state index contributed by atoms with van der Waals surface area (Å²) in [5, 5.41) is 3.42. The van der Waals surface area contributed by atoms with Gasteiger partial charge in [-0.1, -0.05) is 6.07 Å². The Balaban J connectivity index is 1.76. The van der Waals surface area contributed by atoms with Gasteiger partial charge in [-0.05, 0) is 71.5 Å². The van der Waals surface area contributed by atoms with Gasteiger partial charge in [0, 0.05) is 11.0 Å². The first kappa shape index (κ1) is 19.6. The van der Waals surface area contributed by atoms with Crippen LogP contribution in [0.25, 0.3) is 6.08 Å². The molecule has 0 atom stereocenters. The molecule has 3 rings (SSSR count). The van der Waals surface area contributed by atoms with Gasteiger partial charge in [-0.2, -0.15) is 0 Å². The van der Waals surface area contributed by atoms with E-state index in [-0.39, 0.29) is 11.9 Å². The van der Waals surface area contributed by atoms with Crippen LogP contribution < -0.4 is 10.1 Å². The van der Waals surface area contributed by atoms with Crippen LogP contribution in [-0.4, -0.2) is 25.6 Å². The Bertz CT molecular complexity index is 904. The van der Waals surface area contributed by atoms with Crippen LogP contribution in [0.1, 0.15) is 39.7 Å². The van der Waals surface area contributed by atoms with Gasteiger partial charge < -0.3 is 14.8 Å². The van der Waals surface area contributed by atoms with E-state index in [9.17, 15) is 9.59 Å². The highest BCUT2D eigenvalue weighted by Crippen LogP contribution is 2.39. The number of thiophene rings is 1. The Kier molecular flexibility index (Phi) is 6.34. The summed E-state index contributed by atoms with van der Waals surface area (Å²) in [4.78, 5) is 25.9. The molecule has 142 valence electrons. The minimum absolute atomic E-state index is 0.285. The number of benzene rings is 1. The first-order chi connectivity index (χ1) is 13.0. The summed E-state index contributed by atoms with van der Waals surface area (Å²) < 4.78 is 11.2. The van der Waals surface area contributed by atoms with Crippen molar-refractivity contribution in [1.82, 2.24) is 0 Å². The maximum absolute atomic E-state index is 12.4. The van der Waals surface area contributed by atoms with Crippen LogP contribution in [0.5, 0.6) is 5.75 Å². The zero-order valence-corrected chi connectivity index (χ0v) is 17.5. The normalized spacial score (nSPS) is 12.9. The van der Waals surface area contributed by atoms with Crippen molar-refractivity contribution in [3.8, 4) is 5.75 Å². The maximum Gasteiger partial charge on any atom is 0.341 e. The van der Waals surface area contributed by atoms with Crippen molar-refractivity contribution in [2.24, 2.45) is 0 Å². The van der Waals surface area contributed by atoms with Gasteiger partial charge in [0.1, 0.15) is 10.8 Å². The molecule has 1 aromatic heterocycles. The van der Waals surface area contributed by atoms with E-state index in [0.717, 1.165) is 45.5 Å². The van der Waals surface area contributed by atoms with E-state index in [4.69, 9.17) is 9.47 Å². The zero-order chi connectivity index (χ0) is 19.4. The molecule has 0 saturated heterocycles. The van der Waals surface area contributed by atoms with Gasteiger partial charge in [0.15, 0.2) is 0 Å². The lowest BCUT2D eigenvalue weighted by Crippen LogP contribution is -2.13. The minimum atomic E-state index is -0.365. The van der Waals surface area contributed by atoms with Crippen LogP contribution in [0, 0.1) is 0 Å². The van der Waals surface area contributed by atoms with Gasteiger partial charge in [0.05, 0.1) is 23.8 Å². The molecule has 2 aromatic rings. The molecule has 1 aromatic carbocycles. The number of ether oxygens (including phenoxy) is 2. The highest BCUT2D eigenvalue weighted by Gasteiger charge is 2.27. The Morgan fingerprint density at radius 1 is 1.33 bits per heavy atom. The van der Waals surface area contributed by atoms with Crippen molar-refractivity contribution >= 4 is 50.2 Å². The monoisotopic (exact) mass is 449 g/mol. The largest absolute Gasteiger partial charge is 0.496 e. The lowest BCUT2D eigenvalue weighted by Gasteiger charge is -2.06. The van der Waals surface area contributed by atoms with Crippen LogP contribution in [0.4, 0.5) is 5.00 Å². The molecular formula is C20H20BrNO4S. The summed E-state index contributed by atoms with van der Waals surface area (Å²) in [7, 11) is 1.60. The molecule has 1 aliphatic carbocycles. The molecule has 27 heavy (non-hydrogen) atoms. The Hall–Kier alpha value is -2.12. The van der Waals surface area contributed by atoms with Crippen molar-refractivity contribution < 1.29 is 19.1 Å². The van der Waals surface area contributed by atoms with E-state index in [1.165, 1.54) is 17.4 Å². The molecule has 1 aliphatic rings. The number of hydrogen-bond donors (Lipinski definition) is 1. The number of rotatable bonds is 6. The molecule has 0 aliphatic heterocycles. The van der Waals surface area contributed by atoms with E-state index < -0.39 is 0 Å². The fourth-order valence-electron chi connectivity index (χ4n) is 3.02. The third-order valence-electron chi connectivity index (χ3n) is 4.24. The number of hydrogen-bond acceptors (Lipinski definition) is 5. The number of carbonyl (C=O) groups excluding carboxylic acids is 2. The number of methoxy groups -OCH3 is 1. The fourth-order valence-corrected chi connectivity index (χ4v) is 4.86. The average molecular weight is 450 g/mol. The number of carbonyl (C=O) groups is 2. The molecule has 5 nitrogen and oxygen atoms in total. The summed E-state index contributed by atoms with van der Waals surface area (Å²) >= 11 is 4.89. The maximum atomic E-state index is 12.4. The Morgan fingerprint density at radius 3 is 2.85 bits per heavy atom. The molecule has 0 spiro atoms. The van der Waals surface area contributed by atoms with E-state index in [0.29, 0.717) is 17.2 Å². The highest BCUT2D eigenvalue weighted by molar-refractivity contribution is 9.10. The second-order valence-corrected chi connectivity index (χ2v) is 7.96. The summed E-state index contributed by atoms with van der Waals surface area (Å²) in [5.41, 5.74) is 2.40. The smallest absolute Gasteiger partial charge is 0.341 e. The fraction of sp³-hybridized carbons (Fsp3) is 0.300. The van der Waals surface area contributed by atoms with Gasteiger partial charge in [0.2, 0.25) is 5.91 Å². The lowest BCUT2D eigenvalue weighted by molar-refractivity contribution is -0.111. The van der Waals surface area contributed by atoms with Crippen LogP contribution in [-0.2, 0) is 22.4 Å². The first-order valence-corrected chi connectivity index (χ1v) is 10.3. The Labute approximate surface area is 170 Å². The van der Waals surface area contributed by atoms with Gasteiger partial charge in [-0.15, -0.1) is 11.3 Å². The van der Waals surface area contributed by atoms with Crippen molar-refractivity contribution in [2.75, 3.05) is 19.0 Å². The molecule has 1 amide bonds. The van der Waals surface area contributed by atoms with Crippen LogP contribution in [0.3, 0.4) is 0 Å². The number of fused-ring (bicyclic) bond motifs is 1. The number of amides is 1. The van der Waals surface area contributed by atoms with Gasteiger partial charge in [0.25, 0.3) is 0 Å². The SMILES string of the molecule is CCOC(=O)c1c(NC(=O)/C=C/c2ccc(OC)c(Br)c2)sc2c1CCC2. The van der Waals surface area contributed by atoms with Crippen LogP contribution >= 0.6 is 27.3 Å². The number of nitrogens with one attached hydrogen (secondary N) is 1. The molecule has 0 saturated carbocycles. The molecule has 0 unspecified atom stereocenters. The standard InChI is InChI=1S/C20H20BrNO4S/c1-3-26-20(24)18-13-5-4-6-16(13)27-19(18)22-17(23)10-8-12-7-9-15(25-2)14(21)11-12/h7-11H,3-6H2,1-2H3,(H,22,23)/b10-8+. The molecular weight excluding hydrogens is 430 g/mol. The summed E-state index contributed by atoms with van der Waals surface area (Å²) in [5.74, 6) is 0.0754. The minimum Gasteiger partial charge on any atom is -0.496 e. The molecule has 0 bridgehead atoms. The average Bonchev–Trinajstić information content (AvgIpc) is 3.20. The summed E-state index contributed by atoms with van der Waals surface area (Å²) in [6.07, 6.45) is 6.00. The predicted octanol–water partition coefficient (Wildman–Crippen LogP) is 4.84. The second kappa shape index (κ2) is 8.71. The van der Waals surface area contributed by atoms with E-state index in [1.54, 1.807) is 20.1 Å².